The van der Waals surface area contributed by atoms with Crippen molar-refractivity contribution in [3.63, 3.8) is 0 Å². The Morgan fingerprint density at radius 2 is 1.20 bits per heavy atom. The van der Waals surface area contributed by atoms with Crippen LogP contribution in [0.2, 0.25) is 0 Å². The summed E-state index contributed by atoms with van der Waals surface area (Å²) >= 11 is 0. The van der Waals surface area contributed by atoms with Crippen molar-refractivity contribution in [2.75, 3.05) is 36.0 Å². The molecule has 0 N–H and O–H groups in total. The van der Waals surface area contributed by atoms with Gasteiger partial charge in [-0.3, -0.25) is 0 Å². The van der Waals surface area contributed by atoms with E-state index in [1.165, 1.54) is 62.0 Å². The first kappa shape index (κ1) is 32.2. The Morgan fingerprint density at radius 3 is 1.75 bits per heavy atom. The fraction of sp³-hybridized carbons (Fsp3) is 0.333. The third-order valence-corrected chi connectivity index (χ3v) is 11.9. The maximum atomic E-state index is 14.0. The molecule has 3 aliphatic heterocycles. The van der Waals surface area contributed by atoms with E-state index in [-0.39, 0.29) is 0 Å². The zero-order valence-electron chi connectivity index (χ0n) is 29.3. The molecule has 3 heterocycles. The molecule has 5 aromatic carbocycles. The smallest absolute Gasteiger partial charge is 0.416 e. The van der Waals surface area contributed by atoms with Gasteiger partial charge in [-0.15, -0.1) is 0 Å². The molecule has 0 amide bonds. The monoisotopic (exact) mass is 684 g/mol. The molecule has 2 saturated heterocycles. The quantitative estimate of drug-likeness (QED) is 0.187. The van der Waals surface area contributed by atoms with Crippen LogP contribution in [0.3, 0.4) is 0 Å². The van der Waals surface area contributed by atoms with Gasteiger partial charge in [-0.1, -0.05) is 74.5 Å². The lowest BCUT2D eigenvalue weighted by atomic mass is 9.76. The number of halogens is 3. The molecule has 0 bridgehead atoms. The van der Waals surface area contributed by atoms with Crippen LogP contribution in [0.4, 0.5) is 24.5 Å². The summed E-state index contributed by atoms with van der Waals surface area (Å²) in [5.74, 6) is 0.768. The number of anilines is 2. The molecule has 3 nitrogen and oxygen atoms in total. The van der Waals surface area contributed by atoms with Crippen molar-refractivity contribution in [2.24, 2.45) is 0 Å². The molecule has 0 spiro atoms. The largest absolute Gasteiger partial charge is 0.472 e. The molecule has 0 unspecified atom stereocenters. The van der Waals surface area contributed by atoms with Crippen LogP contribution < -0.4 is 14.5 Å². The van der Waals surface area contributed by atoms with Crippen LogP contribution in [0.15, 0.2) is 97.1 Å². The molecule has 6 heteroatoms. The second kappa shape index (κ2) is 11.9. The first-order chi connectivity index (χ1) is 24.6. The van der Waals surface area contributed by atoms with Crippen LogP contribution in [0, 0.1) is 0 Å². The second-order valence-corrected chi connectivity index (χ2v) is 15.3. The summed E-state index contributed by atoms with van der Waals surface area (Å²) in [6, 6.07) is 30.2. The topological polar surface area (TPSA) is 15.7 Å². The normalized spacial score (nSPS) is 19.0. The molecule has 0 saturated carbocycles. The van der Waals surface area contributed by atoms with Crippen LogP contribution in [0.25, 0.3) is 28.0 Å². The van der Waals surface area contributed by atoms with Gasteiger partial charge in [0.15, 0.2) is 5.60 Å². The molecule has 0 aromatic heterocycles. The van der Waals surface area contributed by atoms with Crippen LogP contribution in [-0.4, -0.2) is 26.2 Å². The van der Waals surface area contributed by atoms with Gasteiger partial charge in [0.2, 0.25) is 0 Å². The van der Waals surface area contributed by atoms with E-state index < -0.39 is 22.8 Å². The Hall–Kier alpha value is -4.71. The average molecular weight is 685 g/mol. The molecule has 5 aromatic rings. The Morgan fingerprint density at radius 1 is 0.647 bits per heavy atom. The zero-order chi connectivity index (χ0) is 35.0. The van der Waals surface area contributed by atoms with Gasteiger partial charge >= 0.3 is 6.18 Å². The number of benzene rings is 5. The van der Waals surface area contributed by atoms with Gasteiger partial charge in [0.05, 0.1) is 5.56 Å². The van der Waals surface area contributed by atoms with E-state index in [0.29, 0.717) is 5.56 Å². The van der Waals surface area contributed by atoms with Gasteiger partial charge in [0.1, 0.15) is 5.75 Å². The first-order valence-electron chi connectivity index (χ1n) is 18.6. The number of piperidine rings is 2. The molecule has 1 aliphatic carbocycles. The van der Waals surface area contributed by atoms with Gasteiger partial charge in [-0.25, -0.2) is 0 Å². The fourth-order valence-electron chi connectivity index (χ4n) is 9.23. The molecule has 9 rings (SSSR count). The molecule has 0 atom stereocenters. The minimum atomic E-state index is -4.42. The summed E-state index contributed by atoms with van der Waals surface area (Å²) in [4.78, 5) is 4.95. The summed E-state index contributed by atoms with van der Waals surface area (Å²) < 4.78 is 49.5. The van der Waals surface area contributed by atoms with Crippen LogP contribution in [-0.2, 0) is 17.2 Å². The van der Waals surface area contributed by atoms with Gasteiger partial charge in [-0.05, 0) is 109 Å². The Kier molecular flexibility index (Phi) is 7.54. The van der Waals surface area contributed by atoms with Crippen LogP contribution >= 0.6 is 0 Å². The Balaban J connectivity index is 1.22. The van der Waals surface area contributed by atoms with E-state index in [1.807, 2.05) is 26.0 Å². The Bertz CT molecular complexity index is 2090. The van der Waals surface area contributed by atoms with E-state index in [9.17, 15) is 13.2 Å². The predicted molar refractivity (Wildman–Crippen MR) is 202 cm³/mol. The SMILES string of the molecule is CC1(C)c2cc(C(F)(F)F)ccc2-c2c1c1c(c3ccccc23)OC(c2ccc(N3CCCCC3)cc2)(c2ccc(N3CCCCC3)cc2)C=C1. The molecule has 51 heavy (non-hydrogen) atoms. The maximum absolute atomic E-state index is 14.0. The van der Waals surface area contributed by atoms with Gasteiger partial charge in [0.25, 0.3) is 0 Å². The number of fused-ring (bicyclic) bond motifs is 8. The molecule has 0 radical (unpaired) electrons. The highest BCUT2D eigenvalue weighted by Gasteiger charge is 2.45. The lowest BCUT2D eigenvalue weighted by molar-refractivity contribution is -0.137. The van der Waals surface area contributed by atoms with Crippen LogP contribution in [0.1, 0.15) is 85.8 Å². The molecule has 2 fully saturated rings. The van der Waals surface area contributed by atoms with Crippen molar-refractivity contribution in [3.8, 4) is 16.9 Å². The highest BCUT2D eigenvalue weighted by atomic mass is 19.4. The summed E-state index contributed by atoms with van der Waals surface area (Å²) in [6.45, 7) is 8.39. The highest BCUT2D eigenvalue weighted by molar-refractivity contribution is 6.08. The number of alkyl halides is 3. The first-order valence-corrected chi connectivity index (χ1v) is 18.6. The third kappa shape index (κ3) is 5.16. The Labute approximate surface area is 298 Å². The summed E-state index contributed by atoms with van der Waals surface area (Å²) in [5.41, 5.74) is 6.82. The average Bonchev–Trinajstić information content (AvgIpc) is 3.41. The van der Waals surface area contributed by atoms with E-state index in [4.69, 9.17) is 4.74 Å². The molecule has 4 aliphatic rings. The zero-order valence-corrected chi connectivity index (χ0v) is 29.3. The minimum absolute atomic E-state index is 0.618. The molecular formula is C45H43F3N2O. The van der Waals surface area contributed by atoms with E-state index in [0.717, 1.165) is 76.1 Å². The number of nitrogens with zero attached hydrogens (tertiary/aromatic N) is 2. The van der Waals surface area contributed by atoms with Crippen molar-refractivity contribution in [1.82, 2.24) is 0 Å². The van der Waals surface area contributed by atoms with Crippen molar-refractivity contribution in [2.45, 2.75) is 69.6 Å². The van der Waals surface area contributed by atoms with Crippen molar-refractivity contribution in [3.05, 3.63) is 130 Å². The standard InChI is InChI=1S/C45H43F3N2O/c1-43(2)39-29-32(45(46,47)48)17-22-37(39)40-35-11-5-6-12-36(35)42-38(41(40)43)23-24-44(51-42,30-13-18-33(19-14-30)49-25-7-3-8-26-49)31-15-20-34(21-16-31)50-27-9-4-10-28-50/h5-6,11-24,29H,3-4,7-10,25-28H2,1-2H3. The van der Waals surface area contributed by atoms with Crippen LogP contribution in [0.5, 0.6) is 5.75 Å². The summed E-state index contributed by atoms with van der Waals surface area (Å²) in [7, 11) is 0. The number of rotatable bonds is 4. The number of ether oxygens (including phenoxy) is 1. The summed E-state index contributed by atoms with van der Waals surface area (Å²) in [6.07, 6.45) is 7.37. The second-order valence-electron chi connectivity index (χ2n) is 15.3. The lowest BCUT2D eigenvalue weighted by Gasteiger charge is -2.39. The third-order valence-electron chi connectivity index (χ3n) is 11.9. The summed E-state index contributed by atoms with van der Waals surface area (Å²) in [5, 5.41) is 1.95. The van der Waals surface area contributed by atoms with Crippen molar-refractivity contribution < 1.29 is 17.9 Å². The predicted octanol–water partition coefficient (Wildman–Crippen LogP) is 11.5. The molecular weight excluding hydrogens is 642 g/mol. The molecule has 260 valence electrons. The van der Waals surface area contributed by atoms with Gasteiger partial charge < -0.3 is 14.5 Å². The van der Waals surface area contributed by atoms with Gasteiger partial charge in [-0.2, -0.15) is 13.2 Å². The number of hydrogen-bond donors (Lipinski definition) is 0. The van der Waals surface area contributed by atoms with Gasteiger partial charge in [0, 0.05) is 65.0 Å². The fourth-order valence-corrected chi connectivity index (χ4v) is 9.23. The van der Waals surface area contributed by atoms with E-state index >= 15 is 0 Å². The lowest BCUT2D eigenvalue weighted by Crippen LogP contribution is -2.35. The maximum Gasteiger partial charge on any atom is 0.416 e. The van der Waals surface area contributed by atoms with E-state index in [2.05, 4.69) is 82.6 Å². The minimum Gasteiger partial charge on any atom is -0.472 e. The number of hydrogen-bond acceptors (Lipinski definition) is 3. The van der Waals surface area contributed by atoms with Crippen molar-refractivity contribution in [1.29, 1.82) is 0 Å². The van der Waals surface area contributed by atoms with E-state index in [1.54, 1.807) is 6.07 Å². The van der Waals surface area contributed by atoms with Crippen molar-refractivity contribution >= 4 is 28.2 Å². The highest BCUT2D eigenvalue weighted by Crippen LogP contribution is 2.58.